The van der Waals surface area contributed by atoms with Gasteiger partial charge < -0.3 is 24.8 Å². The maximum absolute atomic E-state index is 15.0. The molecule has 1 aromatic carbocycles. The number of benzene rings is 1. The van der Waals surface area contributed by atoms with Crippen LogP contribution in [0, 0.1) is 12.7 Å². The van der Waals surface area contributed by atoms with E-state index in [0.717, 1.165) is 16.9 Å². The summed E-state index contributed by atoms with van der Waals surface area (Å²) in [5, 5.41) is 34.8. The first kappa shape index (κ1) is 32.3. The van der Waals surface area contributed by atoms with Gasteiger partial charge in [-0.1, -0.05) is 23.7 Å². The lowest BCUT2D eigenvalue weighted by molar-refractivity contribution is -0.182. The number of carboxylic acid groups (broad SMARTS) is 1. The third kappa shape index (κ3) is 6.49. The Labute approximate surface area is 258 Å². The average molecular weight is 659 g/mol. The third-order valence-electron chi connectivity index (χ3n) is 7.82. The highest BCUT2D eigenvalue weighted by molar-refractivity contribution is 7.16. The van der Waals surface area contributed by atoms with Gasteiger partial charge in [-0.3, -0.25) is 10.2 Å². The first-order valence-corrected chi connectivity index (χ1v) is 14.8. The maximum atomic E-state index is 15.0. The number of fused-ring (bicyclic) bond motifs is 2. The molecule has 2 aliphatic heterocycles. The number of aliphatic hydroxyl groups is 2. The lowest BCUT2D eigenvalue weighted by Gasteiger charge is -2.45. The summed E-state index contributed by atoms with van der Waals surface area (Å²) in [6.45, 7) is 2.36. The molecule has 1 fully saturated rings. The minimum absolute atomic E-state index is 0.0220. The van der Waals surface area contributed by atoms with E-state index in [9.17, 15) is 28.6 Å². The van der Waals surface area contributed by atoms with Crippen LogP contribution in [0.5, 0.6) is 0 Å². The monoisotopic (exact) mass is 658 g/mol. The van der Waals surface area contributed by atoms with E-state index >= 15 is 4.39 Å². The van der Waals surface area contributed by atoms with E-state index in [1.807, 2.05) is 0 Å². The Morgan fingerprint density at radius 3 is 2.66 bits per heavy atom. The quantitative estimate of drug-likeness (QED) is 0.146. The first-order chi connectivity index (χ1) is 20.8. The Kier molecular flexibility index (Phi) is 9.37. The lowest BCUT2D eigenvalue weighted by Crippen LogP contribution is -2.48. The van der Waals surface area contributed by atoms with Crippen LogP contribution in [0.1, 0.15) is 40.1 Å². The number of likely N-dealkylation sites (tertiary alicyclic amines) is 1. The second-order valence-corrected chi connectivity index (χ2v) is 12.4. The molecule has 5 rings (SSSR count). The summed E-state index contributed by atoms with van der Waals surface area (Å²) < 4.78 is 56.3. The summed E-state index contributed by atoms with van der Waals surface area (Å²) in [6, 6.07) is 5.77. The molecule has 0 bridgehead atoms. The number of aliphatic carboxylic acids is 1. The molecule has 16 heteroatoms. The molecule has 11 nitrogen and oxygen atoms in total. The van der Waals surface area contributed by atoms with Gasteiger partial charge in [-0.2, -0.15) is 13.9 Å². The molecule has 2 aliphatic rings. The van der Waals surface area contributed by atoms with Gasteiger partial charge in [0.15, 0.2) is 12.2 Å². The fraction of sp³-hybridized carbons (Fsp3) is 0.464. The Morgan fingerprint density at radius 1 is 1.23 bits per heavy atom. The van der Waals surface area contributed by atoms with Gasteiger partial charge in [0.05, 0.1) is 10.0 Å². The van der Waals surface area contributed by atoms with Crippen LogP contribution >= 0.6 is 22.9 Å². The zero-order valence-electron chi connectivity index (χ0n) is 23.4. The molecule has 3 aromatic rings. The lowest BCUT2D eigenvalue weighted by atomic mass is 9.84. The van der Waals surface area contributed by atoms with E-state index in [4.69, 9.17) is 26.2 Å². The van der Waals surface area contributed by atoms with Crippen LogP contribution in [-0.2, 0) is 43.7 Å². The van der Waals surface area contributed by atoms with Crippen molar-refractivity contribution in [1.29, 1.82) is 0 Å². The standard InChI is InChI=1S/C28H30ClF3N4O7S/c1-15-17(11-35-7-5-27(6-8-35)24-18(9-20(29)44-24)28(31,32)13-43-27)12-36(34-15)21-16(3-2-4-19(21)30)10-33-14-42-26(41)23(38)22(37)25(39)40/h2-4,9,12,22-23,33,37-38H,5-8,10-11,13-14H2,1H3,(H,39,40). The van der Waals surface area contributed by atoms with Crippen molar-refractivity contribution in [2.75, 3.05) is 26.4 Å². The number of ether oxygens (including phenoxy) is 2. The zero-order valence-corrected chi connectivity index (χ0v) is 25.0. The van der Waals surface area contributed by atoms with Gasteiger partial charge in [-0.15, -0.1) is 11.3 Å². The van der Waals surface area contributed by atoms with E-state index in [1.165, 1.54) is 22.9 Å². The van der Waals surface area contributed by atoms with Crippen molar-refractivity contribution in [3.8, 4) is 5.69 Å². The average Bonchev–Trinajstić information content (AvgIpc) is 3.56. The number of nitrogens with zero attached hydrogens (tertiary/aromatic N) is 3. The minimum atomic E-state index is -3.08. The van der Waals surface area contributed by atoms with Gasteiger partial charge in [-0.05, 0) is 37.5 Å². The molecule has 238 valence electrons. The normalized spacial score (nSPS) is 19.0. The van der Waals surface area contributed by atoms with E-state index in [1.54, 1.807) is 19.2 Å². The molecular weight excluding hydrogens is 629 g/mol. The predicted octanol–water partition coefficient (Wildman–Crippen LogP) is 3.04. The number of carbonyl (C=O) groups is 2. The topological polar surface area (TPSA) is 146 Å². The Morgan fingerprint density at radius 2 is 1.95 bits per heavy atom. The number of piperidine rings is 1. The number of carboxylic acids is 1. The van der Waals surface area contributed by atoms with Crippen LogP contribution in [0.15, 0.2) is 30.5 Å². The van der Waals surface area contributed by atoms with Gasteiger partial charge in [-0.25, -0.2) is 18.7 Å². The molecule has 2 aromatic heterocycles. The number of hydrogen-bond donors (Lipinski definition) is 4. The predicted molar refractivity (Wildman–Crippen MR) is 151 cm³/mol. The number of rotatable bonds is 10. The summed E-state index contributed by atoms with van der Waals surface area (Å²) in [6.07, 6.45) is -1.84. The molecule has 44 heavy (non-hydrogen) atoms. The number of para-hydroxylation sites is 1. The molecule has 1 spiro atoms. The number of carbonyl (C=O) groups excluding carboxylic acids is 1. The summed E-state index contributed by atoms with van der Waals surface area (Å²) in [4.78, 5) is 25.1. The van der Waals surface area contributed by atoms with Crippen LogP contribution in [0.25, 0.3) is 5.69 Å². The van der Waals surface area contributed by atoms with Gasteiger partial charge in [0.1, 0.15) is 30.4 Å². The SMILES string of the molecule is Cc1nn(-c2c(F)cccc2CNCOC(=O)C(O)C(O)C(=O)O)cc1CN1CCC2(CC1)OCC(F)(F)c1cc(Cl)sc12. The number of thiophene rings is 1. The number of aryl methyl sites for hydroxylation is 1. The molecule has 0 radical (unpaired) electrons. The van der Waals surface area contributed by atoms with Crippen molar-refractivity contribution in [3.05, 3.63) is 67.9 Å². The first-order valence-electron chi connectivity index (χ1n) is 13.6. The van der Waals surface area contributed by atoms with Crippen LogP contribution < -0.4 is 5.32 Å². The van der Waals surface area contributed by atoms with Gasteiger partial charge in [0.25, 0.3) is 5.92 Å². The molecule has 1 saturated heterocycles. The molecule has 2 unspecified atom stereocenters. The van der Waals surface area contributed by atoms with E-state index in [0.29, 0.717) is 52.9 Å². The van der Waals surface area contributed by atoms with Crippen LogP contribution in [0.3, 0.4) is 0 Å². The van der Waals surface area contributed by atoms with Crippen molar-refractivity contribution < 1.29 is 47.6 Å². The van der Waals surface area contributed by atoms with Crippen LogP contribution in [0.2, 0.25) is 4.34 Å². The number of alkyl halides is 2. The van der Waals surface area contributed by atoms with Gasteiger partial charge >= 0.3 is 11.9 Å². The third-order valence-corrected chi connectivity index (χ3v) is 9.27. The highest BCUT2D eigenvalue weighted by atomic mass is 35.5. The van der Waals surface area contributed by atoms with Crippen molar-refractivity contribution in [2.24, 2.45) is 0 Å². The fourth-order valence-electron chi connectivity index (χ4n) is 5.41. The molecule has 0 aliphatic carbocycles. The number of halogens is 4. The minimum Gasteiger partial charge on any atom is -0.479 e. The largest absolute Gasteiger partial charge is 0.479 e. The molecule has 4 N–H and O–H groups in total. The zero-order chi connectivity index (χ0) is 31.8. The highest BCUT2D eigenvalue weighted by Crippen LogP contribution is 2.52. The second-order valence-electron chi connectivity index (χ2n) is 10.8. The van der Waals surface area contributed by atoms with Crippen LogP contribution in [0.4, 0.5) is 13.2 Å². The van der Waals surface area contributed by atoms with Crippen LogP contribution in [-0.4, -0.2) is 80.6 Å². The summed E-state index contributed by atoms with van der Waals surface area (Å²) in [5.74, 6) is -6.74. The van der Waals surface area contributed by atoms with E-state index in [-0.39, 0.29) is 17.8 Å². The Bertz CT molecular complexity index is 1540. The van der Waals surface area contributed by atoms with Gasteiger partial charge in [0, 0.05) is 48.4 Å². The molecule has 0 amide bonds. The molecule has 4 heterocycles. The van der Waals surface area contributed by atoms with Crippen molar-refractivity contribution in [2.45, 2.75) is 56.6 Å². The molecule has 2 atom stereocenters. The Hall–Kier alpha value is -3.05. The number of hydrogen-bond acceptors (Lipinski definition) is 10. The second kappa shape index (κ2) is 12.7. The van der Waals surface area contributed by atoms with E-state index < -0.39 is 54.8 Å². The van der Waals surface area contributed by atoms with E-state index in [2.05, 4.69) is 15.3 Å². The number of aliphatic hydroxyl groups excluding tert-OH is 2. The smallest absolute Gasteiger partial charge is 0.339 e. The molecule has 0 saturated carbocycles. The maximum Gasteiger partial charge on any atom is 0.339 e. The number of aromatic nitrogens is 2. The summed E-state index contributed by atoms with van der Waals surface area (Å²) in [5.41, 5.74) is 1.30. The number of nitrogens with one attached hydrogen (secondary N) is 1. The number of esters is 1. The highest BCUT2D eigenvalue weighted by Gasteiger charge is 2.51. The van der Waals surface area contributed by atoms with Crippen molar-refractivity contribution in [3.63, 3.8) is 0 Å². The van der Waals surface area contributed by atoms with Crippen molar-refractivity contribution >= 4 is 34.9 Å². The van der Waals surface area contributed by atoms with Gasteiger partial charge in [0.2, 0.25) is 0 Å². The Balaban J connectivity index is 1.22. The molecular formula is C28H30ClF3N4O7S. The summed E-state index contributed by atoms with van der Waals surface area (Å²) >= 11 is 7.25. The van der Waals surface area contributed by atoms with Crippen molar-refractivity contribution in [1.82, 2.24) is 20.0 Å². The summed E-state index contributed by atoms with van der Waals surface area (Å²) in [7, 11) is 0. The fourth-order valence-corrected chi connectivity index (χ4v) is 6.89.